The monoisotopic (exact) mass is 346 g/mol. The maximum absolute atomic E-state index is 13.7. The molecule has 2 heterocycles. The number of carbonyl (C=O) groups is 2. The van der Waals surface area contributed by atoms with Gasteiger partial charge in [0, 0.05) is 31.0 Å². The van der Waals surface area contributed by atoms with Crippen LogP contribution in [0.1, 0.15) is 16.8 Å². The number of rotatable bonds is 3. The van der Waals surface area contributed by atoms with Crippen molar-refractivity contribution in [3.05, 3.63) is 59.9 Å². The van der Waals surface area contributed by atoms with E-state index in [0.29, 0.717) is 18.7 Å². The predicted molar refractivity (Wildman–Crippen MR) is 87.1 cm³/mol. The van der Waals surface area contributed by atoms with Gasteiger partial charge >= 0.3 is 6.03 Å². The number of aromatic nitrogens is 1. The van der Waals surface area contributed by atoms with Crippen molar-refractivity contribution < 1.29 is 18.4 Å². The summed E-state index contributed by atoms with van der Waals surface area (Å²) in [6.07, 6.45) is 2.92. The Morgan fingerprint density at radius 2 is 1.92 bits per heavy atom. The number of hydrogen-bond acceptors (Lipinski definition) is 3. The fourth-order valence-electron chi connectivity index (χ4n) is 2.67. The lowest BCUT2D eigenvalue weighted by atomic mass is 10.2. The summed E-state index contributed by atoms with van der Waals surface area (Å²) in [4.78, 5) is 29.4. The average molecular weight is 346 g/mol. The Bertz CT molecular complexity index is 782. The number of nitrogens with one attached hydrogen (secondary N) is 2. The first kappa shape index (κ1) is 16.8. The molecule has 6 nitrogen and oxygen atoms in total. The highest BCUT2D eigenvalue weighted by molar-refractivity contribution is 5.94. The molecule has 0 spiro atoms. The van der Waals surface area contributed by atoms with Crippen LogP contribution in [0.15, 0.2) is 42.7 Å². The minimum absolute atomic E-state index is 0.0357. The molecule has 130 valence electrons. The molecule has 1 aliphatic rings. The van der Waals surface area contributed by atoms with Crippen LogP contribution in [-0.4, -0.2) is 41.0 Å². The number of hydrogen-bond donors (Lipinski definition) is 2. The SMILES string of the molecule is O=C(Nc1ccc(F)cc1)N[C@@H]1CCN(C(=O)c2ccncc2F)C1. The minimum Gasteiger partial charge on any atom is -0.336 e. The summed E-state index contributed by atoms with van der Waals surface area (Å²) in [5.41, 5.74) is 0.426. The third kappa shape index (κ3) is 4.09. The molecule has 1 saturated heterocycles. The second kappa shape index (κ2) is 7.25. The quantitative estimate of drug-likeness (QED) is 0.896. The summed E-state index contributed by atoms with van der Waals surface area (Å²) < 4.78 is 26.5. The lowest BCUT2D eigenvalue weighted by Crippen LogP contribution is -2.40. The van der Waals surface area contributed by atoms with Crippen LogP contribution in [0, 0.1) is 11.6 Å². The summed E-state index contributed by atoms with van der Waals surface area (Å²) in [6.45, 7) is 0.708. The van der Waals surface area contributed by atoms with E-state index in [1.165, 1.54) is 41.4 Å². The van der Waals surface area contributed by atoms with Gasteiger partial charge in [0.25, 0.3) is 5.91 Å². The van der Waals surface area contributed by atoms with E-state index >= 15 is 0 Å². The number of nitrogens with zero attached hydrogens (tertiary/aromatic N) is 2. The second-order valence-corrected chi connectivity index (χ2v) is 5.70. The van der Waals surface area contributed by atoms with Crippen molar-refractivity contribution in [3.63, 3.8) is 0 Å². The highest BCUT2D eigenvalue weighted by atomic mass is 19.1. The molecule has 0 unspecified atom stereocenters. The average Bonchev–Trinajstić information content (AvgIpc) is 3.05. The molecule has 2 aromatic rings. The number of likely N-dealkylation sites (tertiary alicyclic amines) is 1. The number of pyridine rings is 1. The smallest absolute Gasteiger partial charge is 0.319 e. The van der Waals surface area contributed by atoms with Crippen LogP contribution >= 0.6 is 0 Å². The molecule has 1 aromatic carbocycles. The summed E-state index contributed by atoms with van der Waals surface area (Å²) in [5, 5.41) is 5.34. The van der Waals surface area contributed by atoms with Crippen LogP contribution in [0.4, 0.5) is 19.3 Å². The van der Waals surface area contributed by atoms with Gasteiger partial charge < -0.3 is 15.5 Å². The third-order valence-electron chi connectivity index (χ3n) is 3.92. The van der Waals surface area contributed by atoms with Gasteiger partial charge in [0.1, 0.15) is 5.82 Å². The predicted octanol–water partition coefficient (Wildman–Crippen LogP) is 2.40. The molecule has 1 aromatic heterocycles. The first-order valence-corrected chi connectivity index (χ1v) is 7.75. The fraction of sp³-hybridized carbons (Fsp3) is 0.235. The Morgan fingerprint density at radius 3 is 2.64 bits per heavy atom. The Hall–Kier alpha value is -3.03. The normalized spacial score (nSPS) is 16.6. The van der Waals surface area contributed by atoms with Gasteiger partial charge in [-0.05, 0) is 36.8 Å². The lowest BCUT2D eigenvalue weighted by molar-refractivity contribution is 0.0784. The minimum atomic E-state index is -0.669. The van der Waals surface area contributed by atoms with Gasteiger partial charge in [0.2, 0.25) is 0 Å². The topological polar surface area (TPSA) is 74.3 Å². The molecule has 1 fully saturated rings. The largest absolute Gasteiger partial charge is 0.336 e. The van der Waals surface area contributed by atoms with Gasteiger partial charge in [-0.3, -0.25) is 9.78 Å². The first-order chi connectivity index (χ1) is 12.0. The van der Waals surface area contributed by atoms with Crippen LogP contribution in [0.2, 0.25) is 0 Å². The number of benzene rings is 1. The standard InChI is InChI=1S/C17H16F2N4O2/c18-11-1-3-12(4-2-11)21-17(25)22-13-6-8-23(10-13)16(24)14-5-7-20-9-15(14)19/h1-5,7,9,13H,6,8,10H2,(H2,21,22,25)/t13-/m1/s1. The van der Waals surface area contributed by atoms with Crippen molar-refractivity contribution in [2.45, 2.75) is 12.5 Å². The summed E-state index contributed by atoms with van der Waals surface area (Å²) >= 11 is 0. The van der Waals surface area contributed by atoms with Crippen molar-refractivity contribution in [1.82, 2.24) is 15.2 Å². The highest BCUT2D eigenvalue weighted by Gasteiger charge is 2.29. The molecule has 0 radical (unpaired) electrons. The van der Waals surface area contributed by atoms with E-state index in [1.807, 2.05) is 0 Å². The molecular weight excluding hydrogens is 330 g/mol. The molecule has 25 heavy (non-hydrogen) atoms. The zero-order valence-corrected chi connectivity index (χ0v) is 13.2. The molecule has 0 bridgehead atoms. The molecule has 8 heteroatoms. The van der Waals surface area contributed by atoms with Crippen LogP contribution in [0.5, 0.6) is 0 Å². The maximum Gasteiger partial charge on any atom is 0.319 e. The number of halogens is 2. The van der Waals surface area contributed by atoms with Gasteiger partial charge in [0.05, 0.1) is 11.8 Å². The number of carbonyl (C=O) groups excluding carboxylic acids is 2. The maximum atomic E-state index is 13.7. The van der Waals surface area contributed by atoms with Crippen LogP contribution in [-0.2, 0) is 0 Å². The van der Waals surface area contributed by atoms with Crippen molar-refractivity contribution >= 4 is 17.6 Å². The zero-order chi connectivity index (χ0) is 17.8. The molecule has 3 amide bonds. The van der Waals surface area contributed by atoms with Crippen molar-refractivity contribution in [2.24, 2.45) is 0 Å². The van der Waals surface area contributed by atoms with E-state index in [0.717, 1.165) is 6.20 Å². The Kier molecular flexibility index (Phi) is 4.87. The van der Waals surface area contributed by atoms with Crippen LogP contribution in [0.25, 0.3) is 0 Å². The van der Waals surface area contributed by atoms with Crippen molar-refractivity contribution in [3.8, 4) is 0 Å². The van der Waals surface area contributed by atoms with Crippen molar-refractivity contribution in [2.75, 3.05) is 18.4 Å². The molecule has 1 aliphatic heterocycles. The summed E-state index contributed by atoms with van der Waals surface area (Å²) in [6, 6.07) is 6.04. The zero-order valence-electron chi connectivity index (χ0n) is 13.2. The third-order valence-corrected chi connectivity index (χ3v) is 3.92. The van der Waals surface area contributed by atoms with E-state index in [1.54, 1.807) is 0 Å². The van der Waals surface area contributed by atoms with Gasteiger partial charge in [-0.25, -0.2) is 13.6 Å². The lowest BCUT2D eigenvalue weighted by Gasteiger charge is -2.17. The van der Waals surface area contributed by atoms with E-state index < -0.39 is 17.8 Å². The Labute approximate surface area is 142 Å². The molecule has 2 N–H and O–H groups in total. The Balaban J connectivity index is 1.54. The van der Waals surface area contributed by atoms with Crippen LogP contribution < -0.4 is 10.6 Å². The van der Waals surface area contributed by atoms with E-state index in [9.17, 15) is 18.4 Å². The van der Waals surface area contributed by atoms with Gasteiger partial charge in [0.15, 0.2) is 5.82 Å². The van der Waals surface area contributed by atoms with Crippen LogP contribution in [0.3, 0.4) is 0 Å². The molecule has 1 atom stereocenters. The summed E-state index contributed by atoms with van der Waals surface area (Å²) in [7, 11) is 0. The van der Waals surface area contributed by atoms with E-state index in [4.69, 9.17) is 0 Å². The van der Waals surface area contributed by atoms with Gasteiger partial charge in [-0.15, -0.1) is 0 Å². The first-order valence-electron chi connectivity index (χ1n) is 7.75. The van der Waals surface area contributed by atoms with Crippen molar-refractivity contribution in [1.29, 1.82) is 0 Å². The Morgan fingerprint density at radius 1 is 1.16 bits per heavy atom. The fourth-order valence-corrected chi connectivity index (χ4v) is 2.67. The summed E-state index contributed by atoms with van der Waals surface area (Å²) in [5.74, 6) is -1.49. The van der Waals surface area contributed by atoms with Gasteiger partial charge in [-0.1, -0.05) is 0 Å². The molecule has 0 aliphatic carbocycles. The van der Waals surface area contributed by atoms with Gasteiger partial charge in [-0.2, -0.15) is 0 Å². The number of amides is 3. The second-order valence-electron chi connectivity index (χ2n) is 5.70. The molecule has 3 rings (SSSR count). The number of urea groups is 1. The van der Waals surface area contributed by atoms with E-state index in [-0.39, 0.29) is 24.0 Å². The van der Waals surface area contributed by atoms with E-state index in [2.05, 4.69) is 15.6 Å². The molecular formula is C17H16F2N4O2. The molecule has 0 saturated carbocycles. The number of anilines is 1. The highest BCUT2D eigenvalue weighted by Crippen LogP contribution is 2.16.